The molecule has 8 heteroatoms. The fraction of sp³-hybridized carbons (Fsp3) is 0.438. The summed E-state index contributed by atoms with van der Waals surface area (Å²) in [4.78, 5) is 15.9. The van der Waals surface area contributed by atoms with Crippen LogP contribution in [0, 0.1) is 5.82 Å². The molecule has 1 fully saturated rings. The van der Waals surface area contributed by atoms with E-state index in [0.29, 0.717) is 12.1 Å². The Morgan fingerprint density at radius 1 is 1.38 bits per heavy atom. The van der Waals surface area contributed by atoms with E-state index in [0.717, 1.165) is 25.9 Å². The number of nitrogens with one attached hydrogen (secondary N) is 3. The molecule has 3 rings (SSSR count). The SMILES string of the molecule is O=C(NCC[C@H]1CCCCO1)Nc1n[nH]c(-c2ccccc2F)n1. The Bertz CT molecular complexity index is 685. The van der Waals surface area contributed by atoms with Crippen molar-refractivity contribution < 1.29 is 13.9 Å². The van der Waals surface area contributed by atoms with Gasteiger partial charge in [0, 0.05) is 13.2 Å². The predicted molar refractivity (Wildman–Crippen MR) is 87.0 cm³/mol. The van der Waals surface area contributed by atoms with Crippen molar-refractivity contribution in [1.82, 2.24) is 20.5 Å². The summed E-state index contributed by atoms with van der Waals surface area (Å²) in [5, 5.41) is 11.7. The summed E-state index contributed by atoms with van der Waals surface area (Å²) in [5.41, 5.74) is 0.299. The van der Waals surface area contributed by atoms with Gasteiger partial charge in [0.1, 0.15) is 5.82 Å². The monoisotopic (exact) mass is 333 g/mol. The number of benzene rings is 1. The Morgan fingerprint density at radius 2 is 2.25 bits per heavy atom. The summed E-state index contributed by atoms with van der Waals surface area (Å²) in [7, 11) is 0. The van der Waals surface area contributed by atoms with E-state index in [-0.39, 0.29) is 17.9 Å². The number of halogens is 1. The largest absolute Gasteiger partial charge is 0.378 e. The van der Waals surface area contributed by atoms with Crippen LogP contribution in [0.1, 0.15) is 25.7 Å². The standard InChI is InChI=1S/C16H20FN5O2/c17-13-7-2-1-6-12(13)14-19-15(22-21-14)20-16(23)18-9-8-11-5-3-4-10-24-11/h1-2,6-7,11H,3-5,8-10H2,(H3,18,19,20,21,22,23)/t11-/m1/s1. The highest BCUT2D eigenvalue weighted by Crippen LogP contribution is 2.19. The molecular weight excluding hydrogens is 313 g/mol. The molecule has 2 aromatic rings. The summed E-state index contributed by atoms with van der Waals surface area (Å²) in [5.74, 6) is -0.0455. The number of nitrogens with zero attached hydrogens (tertiary/aromatic N) is 2. The summed E-state index contributed by atoms with van der Waals surface area (Å²) >= 11 is 0. The summed E-state index contributed by atoms with van der Waals surface area (Å²) in [6, 6.07) is 5.82. The fourth-order valence-corrected chi connectivity index (χ4v) is 2.62. The van der Waals surface area contributed by atoms with Crippen molar-refractivity contribution in [3.05, 3.63) is 30.1 Å². The Morgan fingerprint density at radius 3 is 3.04 bits per heavy atom. The second-order valence-corrected chi connectivity index (χ2v) is 5.65. The molecule has 0 spiro atoms. The molecule has 7 nitrogen and oxygen atoms in total. The molecule has 128 valence electrons. The lowest BCUT2D eigenvalue weighted by atomic mass is 10.1. The maximum atomic E-state index is 13.7. The van der Waals surface area contributed by atoms with Crippen LogP contribution in [0.5, 0.6) is 0 Å². The van der Waals surface area contributed by atoms with Crippen molar-refractivity contribution in [3.63, 3.8) is 0 Å². The third-order valence-electron chi connectivity index (χ3n) is 3.87. The number of carbonyl (C=O) groups is 1. The van der Waals surface area contributed by atoms with Crippen molar-refractivity contribution in [2.24, 2.45) is 0 Å². The highest BCUT2D eigenvalue weighted by atomic mass is 19.1. The van der Waals surface area contributed by atoms with E-state index in [4.69, 9.17) is 4.74 Å². The van der Waals surface area contributed by atoms with E-state index in [9.17, 15) is 9.18 Å². The average Bonchev–Trinajstić information content (AvgIpc) is 3.04. The molecule has 24 heavy (non-hydrogen) atoms. The highest BCUT2D eigenvalue weighted by molar-refractivity contribution is 5.87. The lowest BCUT2D eigenvalue weighted by Gasteiger charge is -2.22. The molecule has 0 unspecified atom stereocenters. The molecule has 1 aromatic heterocycles. The first kappa shape index (κ1) is 16.4. The maximum Gasteiger partial charge on any atom is 0.321 e. The second kappa shape index (κ2) is 7.87. The van der Waals surface area contributed by atoms with Gasteiger partial charge in [-0.25, -0.2) is 9.18 Å². The van der Waals surface area contributed by atoms with Gasteiger partial charge in [-0.15, -0.1) is 5.10 Å². The zero-order chi connectivity index (χ0) is 16.8. The molecule has 0 radical (unpaired) electrons. The number of anilines is 1. The van der Waals surface area contributed by atoms with Crippen molar-refractivity contribution in [2.45, 2.75) is 31.8 Å². The molecule has 1 saturated heterocycles. The van der Waals surface area contributed by atoms with Gasteiger partial charge in [-0.3, -0.25) is 10.4 Å². The number of urea groups is 1. The number of carbonyl (C=O) groups excluding carboxylic acids is 1. The van der Waals surface area contributed by atoms with Crippen molar-refractivity contribution in [3.8, 4) is 11.4 Å². The Kier molecular flexibility index (Phi) is 5.37. The molecule has 3 N–H and O–H groups in total. The van der Waals surface area contributed by atoms with Gasteiger partial charge in [0.15, 0.2) is 5.82 Å². The van der Waals surface area contributed by atoms with Crippen LogP contribution in [0.4, 0.5) is 15.1 Å². The zero-order valence-corrected chi connectivity index (χ0v) is 13.2. The van der Waals surface area contributed by atoms with Gasteiger partial charge < -0.3 is 10.1 Å². The number of H-pyrrole nitrogens is 1. The third kappa shape index (κ3) is 4.29. The molecular formula is C16H20FN5O2. The minimum Gasteiger partial charge on any atom is -0.378 e. The van der Waals surface area contributed by atoms with Gasteiger partial charge in [0.2, 0.25) is 5.95 Å². The lowest BCUT2D eigenvalue weighted by Crippen LogP contribution is -2.32. The predicted octanol–water partition coefficient (Wildman–Crippen LogP) is 2.69. The number of rotatable bonds is 5. The number of hydrogen-bond acceptors (Lipinski definition) is 4. The highest BCUT2D eigenvalue weighted by Gasteiger charge is 2.14. The van der Waals surface area contributed by atoms with E-state index in [1.165, 1.54) is 12.5 Å². The van der Waals surface area contributed by atoms with Gasteiger partial charge in [-0.1, -0.05) is 12.1 Å². The smallest absolute Gasteiger partial charge is 0.321 e. The minimum atomic E-state index is -0.405. The third-order valence-corrected chi connectivity index (χ3v) is 3.87. The normalized spacial score (nSPS) is 17.5. The number of aromatic amines is 1. The molecule has 2 amide bonds. The number of aromatic nitrogens is 3. The quantitative estimate of drug-likeness (QED) is 0.784. The van der Waals surface area contributed by atoms with Crippen molar-refractivity contribution in [1.29, 1.82) is 0 Å². The van der Waals surface area contributed by atoms with Gasteiger partial charge in [-0.05, 0) is 37.8 Å². The van der Waals surface area contributed by atoms with Crippen LogP contribution in [0.25, 0.3) is 11.4 Å². The summed E-state index contributed by atoms with van der Waals surface area (Å²) < 4.78 is 19.3. The molecule has 0 saturated carbocycles. The van der Waals surface area contributed by atoms with Crippen LogP contribution in [-0.4, -0.2) is 40.5 Å². The number of ether oxygens (including phenoxy) is 1. The Hall–Kier alpha value is -2.48. The lowest BCUT2D eigenvalue weighted by molar-refractivity contribution is 0.0120. The first-order chi connectivity index (χ1) is 11.7. The summed E-state index contributed by atoms with van der Waals surface area (Å²) in [6.07, 6.45) is 4.32. The molecule has 2 heterocycles. The molecule has 1 aliphatic rings. The number of hydrogen-bond donors (Lipinski definition) is 3. The van der Waals surface area contributed by atoms with E-state index in [1.54, 1.807) is 18.2 Å². The van der Waals surface area contributed by atoms with Crippen LogP contribution in [-0.2, 0) is 4.74 Å². The molecule has 1 aromatic carbocycles. The number of amides is 2. The van der Waals surface area contributed by atoms with Gasteiger partial charge in [0.05, 0.1) is 11.7 Å². The Labute approximate surface area is 139 Å². The van der Waals surface area contributed by atoms with Crippen LogP contribution in [0.3, 0.4) is 0 Å². The van der Waals surface area contributed by atoms with E-state index in [1.807, 2.05) is 0 Å². The van der Waals surface area contributed by atoms with Gasteiger partial charge >= 0.3 is 6.03 Å². The molecule has 0 aliphatic carbocycles. The van der Waals surface area contributed by atoms with Crippen molar-refractivity contribution >= 4 is 12.0 Å². The topological polar surface area (TPSA) is 91.9 Å². The van der Waals surface area contributed by atoms with Gasteiger partial charge in [-0.2, -0.15) is 4.98 Å². The zero-order valence-electron chi connectivity index (χ0n) is 13.2. The molecule has 1 atom stereocenters. The maximum absolute atomic E-state index is 13.7. The second-order valence-electron chi connectivity index (χ2n) is 5.65. The Balaban J connectivity index is 1.47. The first-order valence-electron chi connectivity index (χ1n) is 8.06. The fourth-order valence-electron chi connectivity index (χ4n) is 2.62. The van der Waals surface area contributed by atoms with Crippen LogP contribution < -0.4 is 10.6 Å². The van der Waals surface area contributed by atoms with Crippen LogP contribution in [0.2, 0.25) is 0 Å². The van der Waals surface area contributed by atoms with E-state index >= 15 is 0 Å². The molecule has 0 bridgehead atoms. The van der Waals surface area contributed by atoms with Crippen LogP contribution >= 0.6 is 0 Å². The van der Waals surface area contributed by atoms with E-state index in [2.05, 4.69) is 25.8 Å². The van der Waals surface area contributed by atoms with Gasteiger partial charge in [0.25, 0.3) is 0 Å². The molecule has 1 aliphatic heterocycles. The first-order valence-corrected chi connectivity index (χ1v) is 8.06. The minimum absolute atomic E-state index is 0.0969. The average molecular weight is 333 g/mol. The van der Waals surface area contributed by atoms with Crippen molar-refractivity contribution in [2.75, 3.05) is 18.5 Å². The van der Waals surface area contributed by atoms with E-state index < -0.39 is 11.8 Å². The van der Waals surface area contributed by atoms with Crippen LogP contribution in [0.15, 0.2) is 24.3 Å². The summed E-state index contributed by atoms with van der Waals surface area (Å²) in [6.45, 7) is 1.31.